The molecule has 2 aromatic carbocycles. The number of aliphatic hydroxyl groups excluding tert-OH is 1. The zero-order valence-corrected chi connectivity index (χ0v) is 11.6. The molecule has 0 aliphatic rings. The van der Waals surface area contributed by atoms with E-state index in [2.05, 4.69) is 5.32 Å². The summed E-state index contributed by atoms with van der Waals surface area (Å²) >= 11 is 0. The van der Waals surface area contributed by atoms with Gasteiger partial charge in [-0.25, -0.2) is 4.39 Å². The summed E-state index contributed by atoms with van der Waals surface area (Å²) in [5.41, 5.74) is 2.60. The molecule has 0 aliphatic heterocycles. The monoisotopic (exact) mass is 275 g/mol. The van der Waals surface area contributed by atoms with E-state index >= 15 is 0 Å². The molecule has 1 atom stereocenters. The number of anilines is 1. The van der Waals surface area contributed by atoms with Crippen molar-refractivity contribution >= 4 is 5.69 Å². The van der Waals surface area contributed by atoms with Crippen molar-refractivity contribution < 1.29 is 14.2 Å². The summed E-state index contributed by atoms with van der Waals surface area (Å²) in [4.78, 5) is 0. The highest BCUT2D eigenvalue weighted by atomic mass is 19.1. The van der Waals surface area contributed by atoms with Crippen molar-refractivity contribution in [3.05, 3.63) is 59.4 Å². The lowest BCUT2D eigenvalue weighted by atomic mass is 10.1. The van der Waals surface area contributed by atoms with Crippen LogP contribution < -0.4 is 10.1 Å². The standard InChI is InChI=1S/C16H18FNO2/c1-11(12-3-5-14(17)6-4-12)18-15-7-8-16(20-2)13(9-15)10-19/h3-9,11,18-19H,10H2,1-2H3. The summed E-state index contributed by atoms with van der Waals surface area (Å²) < 4.78 is 18.1. The van der Waals surface area contributed by atoms with Gasteiger partial charge >= 0.3 is 0 Å². The fourth-order valence-corrected chi connectivity index (χ4v) is 2.08. The average molecular weight is 275 g/mol. The van der Waals surface area contributed by atoms with E-state index in [9.17, 15) is 9.50 Å². The molecule has 0 saturated carbocycles. The van der Waals surface area contributed by atoms with Gasteiger partial charge in [0.1, 0.15) is 11.6 Å². The molecule has 2 aromatic rings. The lowest BCUT2D eigenvalue weighted by Crippen LogP contribution is -2.07. The number of methoxy groups -OCH3 is 1. The van der Waals surface area contributed by atoms with Gasteiger partial charge in [0.2, 0.25) is 0 Å². The maximum Gasteiger partial charge on any atom is 0.124 e. The van der Waals surface area contributed by atoms with Crippen LogP contribution in [0.25, 0.3) is 0 Å². The van der Waals surface area contributed by atoms with E-state index < -0.39 is 0 Å². The third-order valence-corrected chi connectivity index (χ3v) is 3.20. The molecule has 0 radical (unpaired) electrons. The number of ether oxygens (including phenoxy) is 1. The fourth-order valence-electron chi connectivity index (χ4n) is 2.08. The zero-order chi connectivity index (χ0) is 14.5. The van der Waals surface area contributed by atoms with E-state index in [-0.39, 0.29) is 18.5 Å². The minimum absolute atomic E-state index is 0.0375. The minimum atomic E-state index is -0.243. The summed E-state index contributed by atoms with van der Waals surface area (Å²) in [6.45, 7) is 1.92. The molecular formula is C16H18FNO2. The van der Waals surface area contributed by atoms with E-state index in [4.69, 9.17) is 4.74 Å². The SMILES string of the molecule is COc1ccc(NC(C)c2ccc(F)cc2)cc1CO. The van der Waals surface area contributed by atoms with Gasteiger partial charge in [-0.3, -0.25) is 0 Å². The normalized spacial score (nSPS) is 12.0. The van der Waals surface area contributed by atoms with E-state index in [1.165, 1.54) is 12.1 Å². The van der Waals surface area contributed by atoms with E-state index in [0.717, 1.165) is 16.8 Å². The zero-order valence-electron chi connectivity index (χ0n) is 11.6. The highest BCUT2D eigenvalue weighted by molar-refractivity contribution is 5.52. The molecule has 4 heteroatoms. The van der Waals surface area contributed by atoms with Crippen LogP contribution in [0.2, 0.25) is 0 Å². The predicted octanol–water partition coefficient (Wildman–Crippen LogP) is 3.50. The number of halogens is 1. The molecule has 2 N–H and O–H groups in total. The van der Waals surface area contributed by atoms with E-state index in [0.29, 0.717) is 5.75 Å². The van der Waals surface area contributed by atoms with Gasteiger partial charge < -0.3 is 15.2 Å². The van der Waals surface area contributed by atoms with E-state index in [1.54, 1.807) is 19.2 Å². The molecule has 20 heavy (non-hydrogen) atoms. The van der Waals surface area contributed by atoms with Crippen LogP contribution in [0.3, 0.4) is 0 Å². The van der Waals surface area contributed by atoms with Gasteiger partial charge in [0.15, 0.2) is 0 Å². The number of nitrogens with one attached hydrogen (secondary N) is 1. The number of hydrogen-bond donors (Lipinski definition) is 2. The Morgan fingerprint density at radius 2 is 1.90 bits per heavy atom. The Bertz CT molecular complexity index is 569. The van der Waals surface area contributed by atoms with Crippen molar-refractivity contribution in [2.45, 2.75) is 19.6 Å². The number of aliphatic hydroxyl groups is 1. The Morgan fingerprint density at radius 1 is 1.20 bits per heavy atom. The first kappa shape index (κ1) is 14.3. The van der Waals surface area contributed by atoms with Crippen LogP contribution in [0.1, 0.15) is 24.1 Å². The van der Waals surface area contributed by atoms with Crippen molar-refractivity contribution in [2.75, 3.05) is 12.4 Å². The molecular weight excluding hydrogens is 257 g/mol. The summed E-state index contributed by atoms with van der Waals surface area (Å²) in [5, 5.41) is 12.6. The minimum Gasteiger partial charge on any atom is -0.496 e. The second-order valence-corrected chi connectivity index (χ2v) is 4.60. The first-order chi connectivity index (χ1) is 9.63. The highest BCUT2D eigenvalue weighted by Crippen LogP contribution is 2.25. The molecule has 0 fully saturated rings. The Morgan fingerprint density at radius 3 is 2.50 bits per heavy atom. The molecule has 0 aliphatic carbocycles. The first-order valence-corrected chi connectivity index (χ1v) is 6.44. The molecule has 0 amide bonds. The third kappa shape index (κ3) is 3.27. The summed E-state index contributed by atoms with van der Waals surface area (Å²) in [6, 6.07) is 12.0. The van der Waals surface area contributed by atoms with Gasteiger partial charge in [-0.1, -0.05) is 12.1 Å². The first-order valence-electron chi connectivity index (χ1n) is 6.44. The van der Waals surface area contributed by atoms with Gasteiger partial charge in [0.05, 0.1) is 13.7 Å². The number of hydrogen-bond acceptors (Lipinski definition) is 3. The smallest absolute Gasteiger partial charge is 0.124 e. The summed E-state index contributed by atoms with van der Waals surface area (Å²) in [7, 11) is 1.57. The van der Waals surface area contributed by atoms with Crippen molar-refractivity contribution in [3.8, 4) is 5.75 Å². The Balaban J connectivity index is 2.15. The molecule has 0 spiro atoms. The molecule has 1 unspecified atom stereocenters. The van der Waals surface area contributed by atoms with Crippen molar-refractivity contribution in [1.29, 1.82) is 0 Å². The van der Waals surface area contributed by atoms with Gasteiger partial charge in [0, 0.05) is 17.3 Å². The van der Waals surface area contributed by atoms with Crippen LogP contribution in [0.15, 0.2) is 42.5 Å². The maximum absolute atomic E-state index is 12.9. The van der Waals surface area contributed by atoms with Gasteiger partial charge in [-0.2, -0.15) is 0 Å². The lowest BCUT2D eigenvalue weighted by molar-refractivity contribution is 0.274. The van der Waals surface area contributed by atoms with Crippen LogP contribution in [-0.2, 0) is 6.61 Å². The van der Waals surface area contributed by atoms with Crippen molar-refractivity contribution in [2.24, 2.45) is 0 Å². The summed E-state index contributed by atoms with van der Waals surface area (Å²) in [6.07, 6.45) is 0. The molecule has 0 saturated heterocycles. The van der Waals surface area contributed by atoms with Crippen molar-refractivity contribution in [1.82, 2.24) is 0 Å². The summed E-state index contributed by atoms with van der Waals surface area (Å²) in [5.74, 6) is 0.417. The van der Waals surface area contributed by atoms with Gasteiger partial charge in [-0.15, -0.1) is 0 Å². The largest absolute Gasteiger partial charge is 0.496 e. The quantitative estimate of drug-likeness (QED) is 0.877. The van der Waals surface area contributed by atoms with Crippen LogP contribution in [0.4, 0.5) is 10.1 Å². The Hall–Kier alpha value is -2.07. The molecule has 0 bridgehead atoms. The second kappa shape index (κ2) is 6.39. The molecule has 0 heterocycles. The maximum atomic E-state index is 12.9. The lowest BCUT2D eigenvalue weighted by Gasteiger charge is -2.17. The van der Waals surface area contributed by atoms with Crippen LogP contribution in [0, 0.1) is 5.82 Å². The number of rotatable bonds is 5. The van der Waals surface area contributed by atoms with Crippen LogP contribution in [-0.4, -0.2) is 12.2 Å². The Labute approximate surface area is 118 Å². The van der Waals surface area contributed by atoms with E-state index in [1.807, 2.05) is 25.1 Å². The van der Waals surface area contributed by atoms with Gasteiger partial charge in [0.25, 0.3) is 0 Å². The average Bonchev–Trinajstić information content (AvgIpc) is 2.47. The molecule has 0 aromatic heterocycles. The molecule has 106 valence electrons. The second-order valence-electron chi connectivity index (χ2n) is 4.60. The van der Waals surface area contributed by atoms with Gasteiger partial charge in [-0.05, 0) is 42.8 Å². The molecule has 2 rings (SSSR count). The van der Waals surface area contributed by atoms with Crippen molar-refractivity contribution in [3.63, 3.8) is 0 Å². The Kier molecular flexibility index (Phi) is 4.58. The molecule has 3 nitrogen and oxygen atoms in total. The predicted molar refractivity (Wildman–Crippen MR) is 77.4 cm³/mol. The highest BCUT2D eigenvalue weighted by Gasteiger charge is 2.08. The third-order valence-electron chi connectivity index (χ3n) is 3.20. The van der Waals surface area contributed by atoms with Crippen LogP contribution in [0.5, 0.6) is 5.75 Å². The fraction of sp³-hybridized carbons (Fsp3) is 0.250. The number of benzene rings is 2. The topological polar surface area (TPSA) is 41.5 Å². The van der Waals surface area contributed by atoms with Crippen LogP contribution >= 0.6 is 0 Å².